The Labute approximate surface area is 54.3 Å². The molecule has 1 aliphatic rings. The van der Waals surface area contributed by atoms with Crippen LogP contribution in [0.3, 0.4) is 0 Å². The van der Waals surface area contributed by atoms with E-state index in [1.54, 1.807) is 0 Å². The van der Waals surface area contributed by atoms with Crippen LogP contribution in [0.2, 0.25) is 0 Å². The molecule has 1 fully saturated rings. The Morgan fingerprint density at radius 1 is 1.20 bits per heavy atom. The smallest absolute Gasteiger partial charge is 0.336 e. The predicted octanol–water partition coefficient (Wildman–Crippen LogP) is 0.242. The largest absolute Gasteiger partial charge is 0.473 e. The first-order valence-corrected chi connectivity index (χ1v) is 2.53. The van der Waals surface area contributed by atoms with Gasteiger partial charge >= 0.3 is 12.1 Å². The van der Waals surface area contributed by atoms with Gasteiger partial charge in [-0.15, -0.1) is 0 Å². The molecule has 1 rings (SSSR count). The van der Waals surface area contributed by atoms with E-state index in [1.165, 1.54) is 0 Å². The molecule has 0 radical (unpaired) electrons. The number of aliphatic hydroxyl groups is 1. The third kappa shape index (κ3) is 1.09. The van der Waals surface area contributed by atoms with Gasteiger partial charge in [-0.25, -0.2) is 0 Å². The topological polar surface area (TPSA) is 38.7 Å². The fourth-order valence-corrected chi connectivity index (χ4v) is 0.565. The van der Waals surface area contributed by atoms with E-state index in [0.29, 0.717) is 0 Å². The van der Waals surface area contributed by atoms with Gasteiger partial charge in [-0.2, -0.15) is 13.2 Å². The van der Waals surface area contributed by atoms with Crippen LogP contribution in [0.1, 0.15) is 0 Å². The molecule has 0 bridgehead atoms. The third-order valence-corrected chi connectivity index (χ3v) is 1.04. The van der Waals surface area contributed by atoms with Crippen molar-refractivity contribution < 1.29 is 27.8 Å². The van der Waals surface area contributed by atoms with Crippen LogP contribution < -0.4 is 0 Å². The quantitative estimate of drug-likeness (QED) is 0.548. The molecule has 0 aromatic rings. The van der Waals surface area contributed by atoms with Crippen molar-refractivity contribution in [3.63, 3.8) is 0 Å². The molecule has 1 saturated heterocycles. The second-order valence-corrected chi connectivity index (χ2v) is 1.78. The SMILES string of the molecule is OC1(C(F)(F)F)OCCO1. The Kier molecular flexibility index (Phi) is 1.61. The van der Waals surface area contributed by atoms with Gasteiger partial charge < -0.3 is 14.6 Å². The molecule has 10 heavy (non-hydrogen) atoms. The van der Waals surface area contributed by atoms with Crippen molar-refractivity contribution >= 4 is 0 Å². The first-order chi connectivity index (χ1) is 4.46. The fraction of sp³-hybridized carbons (Fsp3) is 1.00. The zero-order chi connectivity index (χ0) is 7.83. The molecule has 0 amide bonds. The molecule has 0 aromatic carbocycles. The lowest BCUT2D eigenvalue weighted by atomic mass is 10.5. The highest BCUT2D eigenvalue weighted by atomic mass is 19.4. The van der Waals surface area contributed by atoms with Crippen LogP contribution in [-0.4, -0.2) is 30.5 Å². The van der Waals surface area contributed by atoms with Gasteiger partial charge in [0.25, 0.3) is 0 Å². The molecule has 1 heterocycles. The van der Waals surface area contributed by atoms with Crippen molar-refractivity contribution in [3.8, 4) is 0 Å². The van der Waals surface area contributed by atoms with Crippen LogP contribution in [0.25, 0.3) is 0 Å². The van der Waals surface area contributed by atoms with E-state index in [4.69, 9.17) is 5.11 Å². The zero-order valence-corrected chi connectivity index (χ0v) is 4.81. The molecule has 0 unspecified atom stereocenters. The molecular weight excluding hydrogens is 153 g/mol. The van der Waals surface area contributed by atoms with Gasteiger partial charge in [-0.05, 0) is 0 Å². The van der Waals surface area contributed by atoms with E-state index in [0.717, 1.165) is 0 Å². The van der Waals surface area contributed by atoms with Crippen molar-refractivity contribution in [1.29, 1.82) is 0 Å². The van der Waals surface area contributed by atoms with Gasteiger partial charge in [-0.3, -0.25) is 0 Å². The van der Waals surface area contributed by atoms with Gasteiger partial charge in [0.1, 0.15) is 0 Å². The third-order valence-electron chi connectivity index (χ3n) is 1.04. The summed E-state index contributed by atoms with van der Waals surface area (Å²) in [6.45, 7) is -0.480. The van der Waals surface area contributed by atoms with Gasteiger partial charge in [0.05, 0.1) is 13.2 Å². The standard InChI is InChI=1S/C4H5F3O3/c5-3(6,7)4(8)9-1-2-10-4/h8H,1-2H2. The summed E-state index contributed by atoms with van der Waals surface area (Å²) in [7, 11) is 0. The maximum Gasteiger partial charge on any atom is 0.473 e. The van der Waals surface area contributed by atoms with Gasteiger partial charge in [0.15, 0.2) is 0 Å². The average Bonchev–Trinajstić information content (AvgIpc) is 2.13. The van der Waals surface area contributed by atoms with E-state index in [2.05, 4.69) is 9.47 Å². The molecule has 1 N–H and O–H groups in total. The van der Waals surface area contributed by atoms with Crippen LogP contribution in [0.4, 0.5) is 13.2 Å². The predicted molar refractivity (Wildman–Crippen MR) is 22.9 cm³/mol. The maximum atomic E-state index is 11.6. The molecule has 60 valence electrons. The normalized spacial score (nSPS) is 25.2. The van der Waals surface area contributed by atoms with Crippen molar-refractivity contribution in [2.75, 3.05) is 13.2 Å². The lowest BCUT2D eigenvalue weighted by Gasteiger charge is -2.22. The van der Waals surface area contributed by atoms with Gasteiger partial charge in [-0.1, -0.05) is 0 Å². The van der Waals surface area contributed by atoms with Crippen LogP contribution in [0, 0.1) is 0 Å². The average molecular weight is 158 g/mol. The summed E-state index contributed by atoms with van der Waals surface area (Å²) in [5.41, 5.74) is 0. The highest BCUT2D eigenvalue weighted by molar-refractivity contribution is 4.69. The lowest BCUT2D eigenvalue weighted by molar-refractivity contribution is -0.436. The maximum absolute atomic E-state index is 11.6. The van der Waals surface area contributed by atoms with Gasteiger partial charge in [0, 0.05) is 0 Å². The molecule has 6 heteroatoms. The minimum Gasteiger partial charge on any atom is -0.336 e. The van der Waals surface area contributed by atoms with E-state index < -0.39 is 12.1 Å². The molecule has 0 aliphatic carbocycles. The summed E-state index contributed by atoms with van der Waals surface area (Å²) in [6.07, 6.45) is -4.87. The van der Waals surface area contributed by atoms with Crippen LogP contribution >= 0.6 is 0 Å². The van der Waals surface area contributed by atoms with Crippen LogP contribution in [0.5, 0.6) is 0 Å². The zero-order valence-electron chi connectivity index (χ0n) is 4.81. The molecule has 1 aliphatic heterocycles. The molecule has 0 atom stereocenters. The Morgan fingerprint density at radius 2 is 1.60 bits per heavy atom. The molecule has 3 nitrogen and oxygen atoms in total. The number of hydrogen-bond donors (Lipinski definition) is 1. The first-order valence-electron chi connectivity index (χ1n) is 2.53. The minimum atomic E-state index is -4.87. The summed E-state index contributed by atoms with van der Waals surface area (Å²) in [4.78, 5) is 0. The molecule has 0 spiro atoms. The Morgan fingerprint density at radius 3 is 1.80 bits per heavy atom. The lowest BCUT2D eigenvalue weighted by Crippen LogP contribution is -2.45. The fourth-order valence-electron chi connectivity index (χ4n) is 0.565. The minimum absolute atomic E-state index is 0.240. The van der Waals surface area contributed by atoms with E-state index in [-0.39, 0.29) is 13.2 Å². The Balaban J connectivity index is 2.67. The molecule has 0 aromatic heterocycles. The molecule has 0 saturated carbocycles. The summed E-state index contributed by atoms with van der Waals surface area (Å²) < 4.78 is 42.8. The van der Waals surface area contributed by atoms with E-state index >= 15 is 0 Å². The number of rotatable bonds is 0. The van der Waals surface area contributed by atoms with Crippen molar-refractivity contribution in [2.24, 2.45) is 0 Å². The number of halogens is 3. The second-order valence-electron chi connectivity index (χ2n) is 1.78. The first kappa shape index (κ1) is 7.77. The number of hydrogen-bond acceptors (Lipinski definition) is 3. The van der Waals surface area contributed by atoms with E-state index in [1.807, 2.05) is 0 Å². The summed E-state index contributed by atoms with van der Waals surface area (Å²) in [5, 5.41) is 8.46. The van der Waals surface area contributed by atoms with Crippen LogP contribution in [-0.2, 0) is 9.47 Å². The van der Waals surface area contributed by atoms with Crippen molar-refractivity contribution in [3.05, 3.63) is 0 Å². The summed E-state index contributed by atoms with van der Waals surface area (Å²) in [5.74, 6) is -3.37. The summed E-state index contributed by atoms with van der Waals surface area (Å²) >= 11 is 0. The number of alkyl halides is 3. The second kappa shape index (κ2) is 2.08. The van der Waals surface area contributed by atoms with Crippen molar-refractivity contribution in [2.45, 2.75) is 12.1 Å². The highest BCUT2D eigenvalue weighted by Gasteiger charge is 2.59. The molecular formula is C4H5F3O3. The van der Waals surface area contributed by atoms with Gasteiger partial charge in [0.2, 0.25) is 0 Å². The number of ether oxygens (including phenoxy) is 2. The van der Waals surface area contributed by atoms with Crippen molar-refractivity contribution in [1.82, 2.24) is 0 Å². The van der Waals surface area contributed by atoms with E-state index in [9.17, 15) is 13.2 Å². The summed E-state index contributed by atoms with van der Waals surface area (Å²) in [6, 6.07) is 0. The Bertz CT molecular complexity index is 126. The Hall–Kier alpha value is -0.330. The highest BCUT2D eigenvalue weighted by Crippen LogP contribution is 2.34. The monoisotopic (exact) mass is 158 g/mol. The van der Waals surface area contributed by atoms with Crippen LogP contribution in [0.15, 0.2) is 0 Å².